The standard InChI is InChI=1S/C8H10F3N3O2/c1-5(16)7(8(9,10)11)6-4-12-13-14(6)2-3-15/h4,7,15H,2-3H2,1H3. The first-order chi connectivity index (χ1) is 7.38. The highest BCUT2D eigenvalue weighted by Gasteiger charge is 2.46. The van der Waals surface area contributed by atoms with Crippen molar-refractivity contribution in [2.24, 2.45) is 0 Å². The van der Waals surface area contributed by atoms with Crippen LogP contribution in [0.2, 0.25) is 0 Å². The molecule has 90 valence electrons. The molecule has 0 aliphatic rings. The van der Waals surface area contributed by atoms with Crippen LogP contribution in [0, 0.1) is 0 Å². The molecule has 0 spiro atoms. The van der Waals surface area contributed by atoms with E-state index in [1.165, 1.54) is 0 Å². The molecule has 0 fully saturated rings. The van der Waals surface area contributed by atoms with E-state index in [-0.39, 0.29) is 18.8 Å². The molecule has 1 aromatic heterocycles. The molecule has 0 saturated carbocycles. The highest BCUT2D eigenvalue weighted by atomic mass is 19.4. The summed E-state index contributed by atoms with van der Waals surface area (Å²) in [4.78, 5) is 11.0. The van der Waals surface area contributed by atoms with Crippen molar-refractivity contribution in [2.75, 3.05) is 6.61 Å². The number of halogens is 3. The van der Waals surface area contributed by atoms with Crippen LogP contribution >= 0.6 is 0 Å². The van der Waals surface area contributed by atoms with Crippen LogP contribution in [-0.4, -0.2) is 38.7 Å². The molecular formula is C8H10F3N3O2. The maximum absolute atomic E-state index is 12.6. The molecule has 1 unspecified atom stereocenters. The van der Waals surface area contributed by atoms with E-state index in [9.17, 15) is 18.0 Å². The predicted molar refractivity (Wildman–Crippen MR) is 46.6 cm³/mol. The quantitative estimate of drug-likeness (QED) is 0.828. The van der Waals surface area contributed by atoms with Gasteiger partial charge in [-0.25, -0.2) is 4.68 Å². The molecule has 0 aromatic carbocycles. The maximum Gasteiger partial charge on any atom is 0.404 e. The van der Waals surface area contributed by atoms with Crippen LogP contribution in [0.15, 0.2) is 6.20 Å². The van der Waals surface area contributed by atoms with Gasteiger partial charge in [0.05, 0.1) is 25.0 Å². The van der Waals surface area contributed by atoms with E-state index in [1.54, 1.807) is 0 Å². The van der Waals surface area contributed by atoms with E-state index in [0.29, 0.717) is 0 Å². The van der Waals surface area contributed by atoms with Gasteiger partial charge < -0.3 is 5.11 Å². The van der Waals surface area contributed by atoms with Gasteiger partial charge in [0, 0.05) is 0 Å². The second-order valence-corrected chi connectivity index (χ2v) is 3.19. The van der Waals surface area contributed by atoms with Crippen LogP contribution in [0.3, 0.4) is 0 Å². The number of Topliss-reactive ketones (excluding diaryl/α,β-unsaturated/α-hetero) is 1. The van der Waals surface area contributed by atoms with Gasteiger partial charge in [0.15, 0.2) is 5.92 Å². The van der Waals surface area contributed by atoms with E-state index in [2.05, 4.69) is 10.3 Å². The molecule has 16 heavy (non-hydrogen) atoms. The lowest BCUT2D eigenvalue weighted by Crippen LogP contribution is -2.29. The number of ketones is 1. The number of aliphatic hydroxyl groups excluding tert-OH is 1. The summed E-state index contributed by atoms with van der Waals surface area (Å²) in [5, 5.41) is 15.3. The Hall–Kier alpha value is -1.44. The van der Waals surface area contributed by atoms with Crippen molar-refractivity contribution < 1.29 is 23.1 Å². The fourth-order valence-corrected chi connectivity index (χ4v) is 1.36. The van der Waals surface area contributed by atoms with Crippen LogP contribution in [-0.2, 0) is 11.3 Å². The highest BCUT2D eigenvalue weighted by Crippen LogP contribution is 2.34. The minimum absolute atomic E-state index is 0.130. The van der Waals surface area contributed by atoms with Gasteiger partial charge in [-0.05, 0) is 6.92 Å². The van der Waals surface area contributed by atoms with Crippen LogP contribution < -0.4 is 0 Å². The van der Waals surface area contributed by atoms with Gasteiger partial charge in [-0.15, -0.1) is 5.10 Å². The number of alkyl halides is 3. The summed E-state index contributed by atoms with van der Waals surface area (Å²) in [6, 6.07) is 0. The summed E-state index contributed by atoms with van der Waals surface area (Å²) in [5.41, 5.74) is -0.353. The summed E-state index contributed by atoms with van der Waals surface area (Å²) in [6.45, 7) is 0.350. The summed E-state index contributed by atoms with van der Waals surface area (Å²) in [5.74, 6) is -3.27. The summed E-state index contributed by atoms with van der Waals surface area (Å²) < 4.78 is 38.7. The number of carbonyl (C=O) groups excluding carboxylic acids is 1. The number of hydrogen-bond donors (Lipinski definition) is 1. The Morgan fingerprint density at radius 1 is 1.62 bits per heavy atom. The van der Waals surface area contributed by atoms with E-state index >= 15 is 0 Å². The molecule has 0 amide bonds. The van der Waals surface area contributed by atoms with Gasteiger partial charge in [-0.3, -0.25) is 4.79 Å². The molecule has 1 aromatic rings. The minimum Gasteiger partial charge on any atom is -0.394 e. The molecule has 0 bridgehead atoms. The van der Waals surface area contributed by atoms with E-state index in [4.69, 9.17) is 5.11 Å². The lowest BCUT2D eigenvalue weighted by molar-refractivity contribution is -0.163. The zero-order valence-corrected chi connectivity index (χ0v) is 8.40. The van der Waals surface area contributed by atoms with Crippen LogP contribution in [0.5, 0.6) is 0 Å². The van der Waals surface area contributed by atoms with E-state index in [0.717, 1.165) is 17.8 Å². The molecule has 0 radical (unpaired) electrons. The number of nitrogens with zero attached hydrogens (tertiary/aromatic N) is 3. The fourth-order valence-electron chi connectivity index (χ4n) is 1.36. The van der Waals surface area contributed by atoms with Crippen molar-refractivity contribution in [1.82, 2.24) is 15.0 Å². The smallest absolute Gasteiger partial charge is 0.394 e. The van der Waals surface area contributed by atoms with E-state index < -0.39 is 17.9 Å². The van der Waals surface area contributed by atoms with Gasteiger partial charge in [0.1, 0.15) is 5.78 Å². The maximum atomic E-state index is 12.6. The molecular weight excluding hydrogens is 227 g/mol. The van der Waals surface area contributed by atoms with Crippen molar-refractivity contribution in [1.29, 1.82) is 0 Å². The summed E-state index contributed by atoms with van der Waals surface area (Å²) >= 11 is 0. The Morgan fingerprint density at radius 2 is 2.25 bits per heavy atom. The van der Waals surface area contributed by atoms with E-state index in [1.807, 2.05) is 0 Å². The average Bonchev–Trinajstić information content (AvgIpc) is 2.50. The summed E-state index contributed by atoms with van der Waals surface area (Å²) in [7, 11) is 0. The third-order valence-corrected chi connectivity index (χ3v) is 1.99. The molecule has 0 aliphatic heterocycles. The fraction of sp³-hybridized carbons (Fsp3) is 0.625. The Bertz CT molecular complexity index is 375. The molecule has 5 nitrogen and oxygen atoms in total. The molecule has 1 N–H and O–H groups in total. The van der Waals surface area contributed by atoms with Crippen LogP contribution in [0.1, 0.15) is 18.5 Å². The van der Waals surface area contributed by atoms with Crippen molar-refractivity contribution in [3.8, 4) is 0 Å². The number of carbonyl (C=O) groups is 1. The van der Waals surface area contributed by atoms with Crippen molar-refractivity contribution in [3.05, 3.63) is 11.9 Å². The highest BCUT2D eigenvalue weighted by molar-refractivity contribution is 5.83. The Kier molecular flexibility index (Phi) is 3.63. The number of aliphatic hydroxyl groups is 1. The predicted octanol–water partition coefficient (Wildman–Crippen LogP) is 0.505. The third-order valence-electron chi connectivity index (χ3n) is 1.99. The average molecular weight is 237 g/mol. The Labute approximate surface area is 88.9 Å². The molecule has 8 heteroatoms. The molecule has 1 rings (SSSR count). The lowest BCUT2D eigenvalue weighted by atomic mass is 10.0. The van der Waals surface area contributed by atoms with Crippen LogP contribution in [0.25, 0.3) is 0 Å². The topological polar surface area (TPSA) is 68.0 Å². The van der Waals surface area contributed by atoms with Crippen LogP contribution in [0.4, 0.5) is 13.2 Å². The second kappa shape index (κ2) is 4.60. The summed E-state index contributed by atoms with van der Waals surface area (Å²) in [6.07, 6.45) is -3.80. The van der Waals surface area contributed by atoms with Crippen molar-refractivity contribution in [2.45, 2.75) is 25.6 Å². The number of rotatable bonds is 4. The van der Waals surface area contributed by atoms with Crippen molar-refractivity contribution >= 4 is 5.78 Å². The van der Waals surface area contributed by atoms with Gasteiger partial charge in [0.25, 0.3) is 0 Å². The number of hydrogen-bond acceptors (Lipinski definition) is 4. The van der Waals surface area contributed by atoms with Crippen molar-refractivity contribution in [3.63, 3.8) is 0 Å². The number of aromatic nitrogens is 3. The molecule has 0 saturated heterocycles. The molecule has 0 aliphatic carbocycles. The largest absolute Gasteiger partial charge is 0.404 e. The zero-order valence-electron chi connectivity index (χ0n) is 8.40. The van der Waals surface area contributed by atoms with Gasteiger partial charge in [0.2, 0.25) is 0 Å². The second-order valence-electron chi connectivity index (χ2n) is 3.19. The molecule has 1 atom stereocenters. The first-order valence-electron chi connectivity index (χ1n) is 4.44. The first kappa shape index (κ1) is 12.6. The SMILES string of the molecule is CC(=O)C(c1cnnn1CCO)C(F)(F)F. The van der Waals surface area contributed by atoms with Gasteiger partial charge in [-0.1, -0.05) is 5.21 Å². The monoisotopic (exact) mass is 237 g/mol. The Morgan fingerprint density at radius 3 is 2.69 bits per heavy atom. The zero-order chi connectivity index (χ0) is 12.3. The third kappa shape index (κ3) is 2.57. The van der Waals surface area contributed by atoms with Gasteiger partial charge in [-0.2, -0.15) is 13.2 Å². The minimum atomic E-state index is -4.68. The Balaban J connectivity index is 3.11. The molecule has 1 heterocycles. The first-order valence-corrected chi connectivity index (χ1v) is 4.44. The normalized spacial score (nSPS) is 13.8. The lowest BCUT2D eigenvalue weighted by Gasteiger charge is -2.17. The van der Waals surface area contributed by atoms with Gasteiger partial charge >= 0.3 is 6.18 Å².